The molecule has 0 heterocycles. The van der Waals surface area contributed by atoms with Crippen LogP contribution in [0.4, 0.5) is 21.9 Å². The van der Waals surface area contributed by atoms with E-state index in [0.717, 1.165) is 10.5 Å². The molecule has 0 saturated carbocycles. The molecule has 2 rings (SSSR count). The minimum atomic E-state index is -1.40. The highest BCUT2D eigenvalue weighted by molar-refractivity contribution is 5.93. The first-order chi connectivity index (χ1) is 9.49. The highest BCUT2D eigenvalue weighted by atomic mass is 16.6. The molecule has 1 amide bonds. The van der Waals surface area contributed by atoms with Gasteiger partial charge in [0.25, 0.3) is 5.69 Å². The summed E-state index contributed by atoms with van der Waals surface area (Å²) in [5, 5.41) is 21.9. The van der Waals surface area contributed by atoms with Crippen molar-refractivity contribution in [1.82, 2.24) is 0 Å². The summed E-state index contributed by atoms with van der Waals surface area (Å²) in [7, 11) is 0. The highest BCUT2D eigenvalue weighted by Gasteiger charge is 2.12. The molecule has 0 bridgehead atoms. The molecule has 0 aliphatic heterocycles. The topological polar surface area (TPSA) is 86.5 Å². The standard InChI is InChI=1S/C14H12N2O4/c1-10-3-2-4-13(9-10)15(14(17)18)11-5-7-12(8-6-11)16(19)20/h2-9H,1H3,(H,17,18)/p-1. The number of hydrogen-bond donors (Lipinski definition) is 0. The van der Waals surface area contributed by atoms with Crippen molar-refractivity contribution in [3.05, 3.63) is 64.2 Å². The second kappa shape index (κ2) is 5.40. The van der Waals surface area contributed by atoms with Gasteiger partial charge in [-0.1, -0.05) is 12.1 Å². The molecule has 0 radical (unpaired) electrons. The lowest BCUT2D eigenvalue weighted by Crippen LogP contribution is -2.37. The number of carbonyl (C=O) groups is 1. The van der Waals surface area contributed by atoms with E-state index >= 15 is 0 Å². The first kappa shape index (κ1) is 13.5. The van der Waals surface area contributed by atoms with Gasteiger partial charge in [0.05, 0.1) is 4.92 Å². The third-order valence-corrected chi connectivity index (χ3v) is 2.76. The van der Waals surface area contributed by atoms with E-state index in [4.69, 9.17) is 0 Å². The van der Waals surface area contributed by atoms with E-state index in [1.54, 1.807) is 18.2 Å². The molecule has 0 saturated heterocycles. The number of amides is 1. The maximum absolute atomic E-state index is 11.3. The van der Waals surface area contributed by atoms with Gasteiger partial charge in [-0.3, -0.25) is 15.0 Å². The van der Waals surface area contributed by atoms with E-state index in [1.165, 1.54) is 24.3 Å². The Balaban J connectivity index is 2.43. The second-order valence-corrected chi connectivity index (χ2v) is 4.21. The summed E-state index contributed by atoms with van der Waals surface area (Å²) in [4.78, 5) is 22.3. The van der Waals surface area contributed by atoms with Crippen molar-refractivity contribution >= 4 is 23.2 Å². The van der Waals surface area contributed by atoms with Crippen LogP contribution in [0.3, 0.4) is 0 Å². The summed E-state index contributed by atoms with van der Waals surface area (Å²) in [6, 6.07) is 12.1. The van der Waals surface area contributed by atoms with Gasteiger partial charge in [-0.25, -0.2) is 0 Å². The van der Waals surface area contributed by atoms with Crippen molar-refractivity contribution < 1.29 is 14.8 Å². The monoisotopic (exact) mass is 271 g/mol. The molecule has 0 unspecified atom stereocenters. The van der Waals surface area contributed by atoms with Crippen LogP contribution in [0.2, 0.25) is 0 Å². The lowest BCUT2D eigenvalue weighted by molar-refractivity contribution is -0.384. The number of nitro benzene ring substituents is 1. The smallest absolute Gasteiger partial charge is 0.269 e. The van der Waals surface area contributed by atoms with Crippen LogP contribution in [-0.4, -0.2) is 11.0 Å². The number of aryl methyl sites for hydroxylation is 1. The maximum Gasteiger partial charge on any atom is 0.269 e. The Morgan fingerprint density at radius 3 is 2.25 bits per heavy atom. The molecular weight excluding hydrogens is 260 g/mol. The predicted octanol–water partition coefficient (Wildman–Crippen LogP) is 2.38. The summed E-state index contributed by atoms with van der Waals surface area (Å²) in [6.07, 6.45) is -1.40. The molecule has 0 fully saturated rings. The van der Waals surface area contributed by atoms with E-state index in [9.17, 15) is 20.0 Å². The fourth-order valence-corrected chi connectivity index (χ4v) is 1.85. The van der Waals surface area contributed by atoms with Gasteiger partial charge in [0.1, 0.15) is 6.09 Å². The third-order valence-electron chi connectivity index (χ3n) is 2.76. The molecular formula is C14H11N2O4-. The average molecular weight is 271 g/mol. The van der Waals surface area contributed by atoms with Crippen LogP contribution >= 0.6 is 0 Å². The van der Waals surface area contributed by atoms with Crippen LogP contribution in [0.1, 0.15) is 5.56 Å². The van der Waals surface area contributed by atoms with Crippen LogP contribution in [0.25, 0.3) is 0 Å². The summed E-state index contributed by atoms with van der Waals surface area (Å²) in [6.45, 7) is 1.84. The Bertz CT molecular complexity index is 652. The third kappa shape index (κ3) is 2.74. The first-order valence-corrected chi connectivity index (χ1v) is 5.81. The van der Waals surface area contributed by atoms with Crippen molar-refractivity contribution in [3.8, 4) is 0 Å². The van der Waals surface area contributed by atoms with Gasteiger partial charge >= 0.3 is 0 Å². The zero-order valence-corrected chi connectivity index (χ0v) is 10.6. The normalized spacial score (nSPS) is 10.1. The molecule has 0 aliphatic carbocycles. The Kier molecular flexibility index (Phi) is 3.65. The molecule has 102 valence electrons. The number of carbonyl (C=O) groups excluding carboxylic acids is 1. The number of non-ortho nitro benzene ring substituents is 1. The SMILES string of the molecule is Cc1cccc(N(C(=O)[O-])c2ccc([N+](=O)[O-])cc2)c1. The molecule has 0 aliphatic rings. The number of anilines is 2. The minimum absolute atomic E-state index is 0.101. The molecule has 2 aromatic rings. The fourth-order valence-electron chi connectivity index (χ4n) is 1.85. The number of carboxylic acid groups (broad SMARTS) is 1. The summed E-state index contributed by atoms with van der Waals surface area (Å²) < 4.78 is 0. The van der Waals surface area contributed by atoms with Gasteiger partial charge in [-0.05, 0) is 36.8 Å². The molecule has 20 heavy (non-hydrogen) atoms. The largest absolute Gasteiger partial charge is 0.529 e. The summed E-state index contributed by atoms with van der Waals surface area (Å²) in [5.74, 6) is 0. The predicted molar refractivity (Wildman–Crippen MR) is 71.8 cm³/mol. The molecule has 6 nitrogen and oxygen atoms in total. The van der Waals surface area contributed by atoms with E-state index in [2.05, 4.69) is 0 Å². The summed E-state index contributed by atoms with van der Waals surface area (Å²) in [5.41, 5.74) is 1.52. The van der Waals surface area contributed by atoms with Gasteiger partial charge in [0.15, 0.2) is 0 Å². The molecule has 0 atom stereocenters. The molecule has 0 spiro atoms. The van der Waals surface area contributed by atoms with E-state index in [1.807, 2.05) is 13.0 Å². The Labute approximate surface area is 115 Å². The molecule has 6 heteroatoms. The van der Waals surface area contributed by atoms with Crippen LogP contribution in [0.5, 0.6) is 0 Å². The number of nitrogens with zero attached hydrogens (tertiary/aromatic N) is 2. The van der Waals surface area contributed by atoms with Crippen molar-refractivity contribution in [1.29, 1.82) is 0 Å². The zero-order valence-electron chi connectivity index (χ0n) is 10.6. The maximum atomic E-state index is 11.3. The summed E-state index contributed by atoms with van der Waals surface area (Å²) >= 11 is 0. The lowest BCUT2D eigenvalue weighted by Gasteiger charge is -2.25. The minimum Gasteiger partial charge on any atom is -0.529 e. The zero-order chi connectivity index (χ0) is 14.7. The number of benzene rings is 2. The molecule has 2 aromatic carbocycles. The van der Waals surface area contributed by atoms with Gasteiger partial charge in [0, 0.05) is 23.5 Å². The second-order valence-electron chi connectivity index (χ2n) is 4.21. The van der Waals surface area contributed by atoms with Crippen LogP contribution in [0.15, 0.2) is 48.5 Å². The quantitative estimate of drug-likeness (QED) is 0.633. The van der Waals surface area contributed by atoms with E-state index < -0.39 is 11.0 Å². The average Bonchev–Trinajstić information content (AvgIpc) is 2.39. The van der Waals surface area contributed by atoms with Crippen LogP contribution < -0.4 is 10.0 Å². The number of rotatable bonds is 3. The van der Waals surface area contributed by atoms with Crippen molar-refractivity contribution in [3.63, 3.8) is 0 Å². The van der Waals surface area contributed by atoms with Gasteiger partial charge < -0.3 is 9.90 Å². The van der Waals surface area contributed by atoms with Crippen molar-refractivity contribution in [2.24, 2.45) is 0 Å². The van der Waals surface area contributed by atoms with Crippen LogP contribution in [0, 0.1) is 17.0 Å². The molecule has 0 N–H and O–H groups in total. The number of nitro groups is 1. The molecule has 0 aromatic heterocycles. The van der Waals surface area contributed by atoms with Crippen molar-refractivity contribution in [2.45, 2.75) is 6.92 Å². The van der Waals surface area contributed by atoms with Crippen molar-refractivity contribution in [2.75, 3.05) is 4.90 Å². The number of hydrogen-bond acceptors (Lipinski definition) is 4. The van der Waals surface area contributed by atoms with Gasteiger partial charge in [0.2, 0.25) is 0 Å². The first-order valence-electron chi connectivity index (χ1n) is 5.81. The highest BCUT2D eigenvalue weighted by Crippen LogP contribution is 2.27. The van der Waals surface area contributed by atoms with Gasteiger partial charge in [-0.2, -0.15) is 0 Å². The van der Waals surface area contributed by atoms with Gasteiger partial charge in [-0.15, -0.1) is 0 Å². The van der Waals surface area contributed by atoms with E-state index in [0.29, 0.717) is 11.4 Å². The fraction of sp³-hybridized carbons (Fsp3) is 0.0714. The Morgan fingerprint density at radius 2 is 1.75 bits per heavy atom. The Morgan fingerprint density at radius 1 is 1.10 bits per heavy atom. The van der Waals surface area contributed by atoms with Crippen LogP contribution in [-0.2, 0) is 0 Å². The lowest BCUT2D eigenvalue weighted by atomic mass is 10.2. The Hall–Kier alpha value is -2.89. The van der Waals surface area contributed by atoms with E-state index in [-0.39, 0.29) is 5.69 Å².